The summed E-state index contributed by atoms with van der Waals surface area (Å²) >= 11 is 0. The molecule has 2 N–H and O–H groups in total. The predicted octanol–water partition coefficient (Wildman–Crippen LogP) is 2.66. The van der Waals surface area contributed by atoms with Crippen LogP contribution in [0.1, 0.15) is 23.7 Å². The average Bonchev–Trinajstić information content (AvgIpc) is 2.74. The Balaban J connectivity index is 1.63. The Morgan fingerprint density at radius 3 is 2.18 bits per heavy atom. The lowest BCUT2D eigenvalue weighted by Crippen LogP contribution is -2.33. The van der Waals surface area contributed by atoms with Gasteiger partial charge in [0.05, 0.1) is 16.6 Å². The quantitative estimate of drug-likeness (QED) is 0.614. The third kappa shape index (κ3) is 5.25. The van der Waals surface area contributed by atoms with Crippen molar-refractivity contribution in [3.05, 3.63) is 96.3 Å². The van der Waals surface area contributed by atoms with E-state index in [9.17, 15) is 13.2 Å². The highest BCUT2D eigenvalue weighted by atomic mass is 32.2. The van der Waals surface area contributed by atoms with Crippen molar-refractivity contribution >= 4 is 15.9 Å². The van der Waals surface area contributed by atoms with Crippen molar-refractivity contribution in [2.24, 2.45) is 0 Å². The third-order valence-electron chi connectivity index (χ3n) is 4.12. The van der Waals surface area contributed by atoms with Crippen molar-refractivity contribution in [2.75, 3.05) is 6.54 Å². The Bertz CT molecular complexity index is 955. The minimum absolute atomic E-state index is 0.00674. The smallest absolute Gasteiger partial charge is 0.240 e. The number of hydrogen-bond acceptors (Lipinski definition) is 4. The number of carbonyl (C=O) groups is 1. The molecule has 6 nitrogen and oxygen atoms in total. The second-order valence-corrected chi connectivity index (χ2v) is 7.89. The van der Waals surface area contributed by atoms with Crippen LogP contribution in [0.25, 0.3) is 0 Å². The zero-order chi connectivity index (χ0) is 19.8. The molecule has 28 heavy (non-hydrogen) atoms. The number of nitrogens with zero attached hydrogens (tertiary/aromatic N) is 1. The highest BCUT2D eigenvalue weighted by molar-refractivity contribution is 7.89. The van der Waals surface area contributed by atoms with E-state index in [2.05, 4.69) is 15.0 Å². The summed E-state index contributed by atoms with van der Waals surface area (Å²) in [4.78, 5) is 17.0. The summed E-state index contributed by atoms with van der Waals surface area (Å²) in [5, 5.41) is 2.94. The molecule has 0 saturated carbocycles. The first kappa shape index (κ1) is 19.7. The SMILES string of the molecule is O=C(CCNS(=O)(=O)c1ccccc1)NC(c1ccccc1)c1ccccn1. The van der Waals surface area contributed by atoms with Crippen LogP contribution in [0.3, 0.4) is 0 Å². The number of pyridine rings is 1. The van der Waals surface area contributed by atoms with Gasteiger partial charge in [0, 0.05) is 19.2 Å². The minimum atomic E-state index is -3.63. The first-order valence-electron chi connectivity index (χ1n) is 8.86. The summed E-state index contributed by atoms with van der Waals surface area (Å²) in [7, 11) is -3.63. The number of hydrogen-bond donors (Lipinski definition) is 2. The van der Waals surface area contributed by atoms with Gasteiger partial charge >= 0.3 is 0 Å². The first-order chi connectivity index (χ1) is 13.6. The minimum Gasteiger partial charge on any atom is -0.344 e. The van der Waals surface area contributed by atoms with Crippen LogP contribution in [0.15, 0.2) is 90.0 Å². The molecule has 0 bridgehead atoms. The van der Waals surface area contributed by atoms with Crippen molar-refractivity contribution in [1.82, 2.24) is 15.0 Å². The van der Waals surface area contributed by atoms with Gasteiger partial charge in [-0.25, -0.2) is 13.1 Å². The molecule has 0 radical (unpaired) electrons. The summed E-state index contributed by atoms with van der Waals surface area (Å²) in [6, 6.07) is 22.7. The maximum absolute atomic E-state index is 12.4. The lowest BCUT2D eigenvalue weighted by Gasteiger charge is -2.19. The molecule has 2 aromatic carbocycles. The maximum Gasteiger partial charge on any atom is 0.240 e. The van der Waals surface area contributed by atoms with E-state index in [1.165, 1.54) is 12.1 Å². The van der Waals surface area contributed by atoms with Crippen LogP contribution in [0.5, 0.6) is 0 Å². The molecule has 0 aliphatic heterocycles. The van der Waals surface area contributed by atoms with E-state index < -0.39 is 16.1 Å². The van der Waals surface area contributed by atoms with Crippen molar-refractivity contribution in [3.63, 3.8) is 0 Å². The Kier molecular flexibility index (Phi) is 6.52. The maximum atomic E-state index is 12.4. The summed E-state index contributed by atoms with van der Waals surface area (Å²) in [6.07, 6.45) is 1.69. The van der Waals surface area contributed by atoms with Gasteiger partial charge in [0.2, 0.25) is 15.9 Å². The fraction of sp³-hybridized carbons (Fsp3) is 0.143. The van der Waals surface area contributed by atoms with Crippen LogP contribution in [-0.2, 0) is 14.8 Å². The number of aromatic nitrogens is 1. The molecule has 144 valence electrons. The van der Waals surface area contributed by atoms with Crippen molar-refractivity contribution < 1.29 is 13.2 Å². The number of nitrogens with one attached hydrogen (secondary N) is 2. The molecule has 0 aliphatic rings. The third-order valence-corrected chi connectivity index (χ3v) is 5.60. The lowest BCUT2D eigenvalue weighted by molar-refractivity contribution is -0.121. The zero-order valence-corrected chi connectivity index (χ0v) is 16.0. The summed E-state index contributed by atoms with van der Waals surface area (Å²) < 4.78 is 26.9. The molecular weight excluding hydrogens is 374 g/mol. The fourth-order valence-corrected chi connectivity index (χ4v) is 3.79. The molecule has 1 unspecified atom stereocenters. The van der Waals surface area contributed by atoms with Crippen LogP contribution in [0, 0.1) is 0 Å². The van der Waals surface area contributed by atoms with Gasteiger partial charge in [-0.05, 0) is 29.8 Å². The van der Waals surface area contributed by atoms with Crippen LogP contribution in [-0.4, -0.2) is 25.9 Å². The van der Waals surface area contributed by atoms with Gasteiger partial charge in [0.15, 0.2) is 0 Å². The van der Waals surface area contributed by atoms with Crippen LogP contribution in [0.2, 0.25) is 0 Å². The van der Waals surface area contributed by atoms with Gasteiger partial charge in [-0.1, -0.05) is 54.6 Å². The van der Waals surface area contributed by atoms with Crippen LogP contribution in [0.4, 0.5) is 0 Å². The molecule has 7 heteroatoms. The highest BCUT2D eigenvalue weighted by Crippen LogP contribution is 2.20. The van der Waals surface area contributed by atoms with E-state index in [1.54, 1.807) is 24.4 Å². The first-order valence-corrected chi connectivity index (χ1v) is 10.3. The van der Waals surface area contributed by atoms with Gasteiger partial charge in [0.25, 0.3) is 0 Å². The van der Waals surface area contributed by atoms with Crippen molar-refractivity contribution in [3.8, 4) is 0 Å². The highest BCUT2D eigenvalue weighted by Gasteiger charge is 2.18. The standard InChI is InChI=1S/C21H21N3O3S/c25-20(14-16-23-28(26,27)18-11-5-2-6-12-18)24-21(17-9-3-1-4-10-17)19-13-7-8-15-22-19/h1-13,15,21,23H,14,16H2,(H,24,25). The number of amides is 1. The molecule has 1 atom stereocenters. The van der Waals surface area contributed by atoms with Gasteiger partial charge in [0.1, 0.15) is 0 Å². The normalized spacial score (nSPS) is 12.3. The van der Waals surface area contributed by atoms with Gasteiger partial charge in [-0.15, -0.1) is 0 Å². The predicted molar refractivity (Wildman–Crippen MR) is 107 cm³/mol. The molecule has 3 aromatic rings. The van der Waals surface area contributed by atoms with Gasteiger partial charge in [-0.3, -0.25) is 9.78 Å². The van der Waals surface area contributed by atoms with Crippen LogP contribution >= 0.6 is 0 Å². The Labute approximate surface area is 164 Å². The zero-order valence-electron chi connectivity index (χ0n) is 15.2. The molecule has 0 spiro atoms. The summed E-state index contributed by atoms with van der Waals surface area (Å²) in [5.41, 5.74) is 1.62. The molecule has 0 aliphatic carbocycles. The Morgan fingerprint density at radius 1 is 0.893 bits per heavy atom. The van der Waals surface area contributed by atoms with E-state index in [0.717, 1.165) is 5.56 Å². The molecule has 1 aromatic heterocycles. The van der Waals surface area contributed by atoms with Gasteiger partial charge in [-0.2, -0.15) is 0 Å². The van der Waals surface area contributed by atoms with E-state index >= 15 is 0 Å². The molecule has 1 amide bonds. The Morgan fingerprint density at radius 2 is 1.54 bits per heavy atom. The Hall–Kier alpha value is -3.03. The molecular formula is C21H21N3O3S. The molecule has 3 rings (SSSR count). The van der Waals surface area contributed by atoms with Crippen molar-refractivity contribution in [1.29, 1.82) is 0 Å². The second kappa shape index (κ2) is 9.25. The van der Waals surface area contributed by atoms with Crippen LogP contribution < -0.4 is 10.0 Å². The second-order valence-electron chi connectivity index (χ2n) is 6.13. The van der Waals surface area contributed by atoms with E-state index in [1.807, 2.05) is 48.5 Å². The number of benzene rings is 2. The van der Waals surface area contributed by atoms with E-state index in [4.69, 9.17) is 0 Å². The summed E-state index contributed by atoms with van der Waals surface area (Å²) in [6.45, 7) is 0.00674. The van der Waals surface area contributed by atoms with Crippen molar-refractivity contribution in [2.45, 2.75) is 17.4 Å². The van der Waals surface area contributed by atoms with Gasteiger partial charge < -0.3 is 5.32 Å². The lowest BCUT2D eigenvalue weighted by atomic mass is 10.0. The topological polar surface area (TPSA) is 88.2 Å². The molecule has 0 saturated heterocycles. The monoisotopic (exact) mass is 395 g/mol. The number of carbonyl (C=O) groups excluding carboxylic acids is 1. The fourth-order valence-electron chi connectivity index (χ4n) is 2.74. The summed E-state index contributed by atoms with van der Waals surface area (Å²) in [5.74, 6) is -0.268. The van der Waals surface area contributed by atoms with E-state index in [-0.39, 0.29) is 23.8 Å². The number of sulfonamides is 1. The largest absolute Gasteiger partial charge is 0.344 e. The average molecular weight is 395 g/mol. The number of rotatable bonds is 8. The van der Waals surface area contributed by atoms with E-state index in [0.29, 0.717) is 5.69 Å². The molecule has 1 heterocycles. The molecule has 0 fully saturated rings.